The summed E-state index contributed by atoms with van der Waals surface area (Å²) in [5, 5.41) is 3.66. The lowest BCUT2D eigenvalue weighted by molar-refractivity contribution is 0.0515. The van der Waals surface area contributed by atoms with Crippen molar-refractivity contribution in [3.8, 4) is 0 Å². The minimum Gasteiger partial charge on any atom is -0.371 e. The molecule has 2 aliphatic heterocycles. The summed E-state index contributed by atoms with van der Waals surface area (Å²) in [6.45, 7) is 8.03. The van der Waals surface area contributed by atoms with Crippen LogP contribution in [0.3, 0.4) is 0 Å². The third kappa shape index (κ3) is 5.10. The number of anilines is 1. The first-order valence-electron chi connectivity index (χ1n) is 14.4. The number of amides is 2. The molecule has 6 nitrogen and oxygen atoms in total. The number of hydrogen-bond donors (Lipinski definition) is 1. The molecule has 1 spiro atoms. The molecule has 2 aromatic carbocycles. The van der Waals surface area contributed by atoms with Crippen LogP contribution >= 0.6 is 11.6 Å². The van der Waals surface area contributed by atoms with Crippen LogP contribution in [0.1, 0.15) is 77.4 Å². The molecule has 1 aliphatic carbocycles. The first-order chi connectivity index (χ1) is 19.2. The summed E-state index contributed by atoms with van der Waals surface area (Å²) in [6, 6.07) is 17.1. The van der Waals surface area contributed by atoms with Crippen molar-refractivity contribution in [2.24, 2.45) is 10.8 Å². The van der Waals surface area contributed by atoms with Crippen LogP contribution in [-0.4, -0.2) is 47.9 Å². The molecule has 0 bridgehead atoms. The summed E-state index contributed by atoms with van der Waals surface area (Å²) in [7, 11) is 0. The number of likely N-dealkylation sites (tertiary alicyclic amines) is 1. The Morgan fingerprint density at radius 1 is 0.925 bits per heavy atom. The molecule has 2 saturated heterocycles. The third-order valence-electron chi connectivity index (χ3n) is 9.49. The lowest BCUT2D eigenvalue weighted by Gasteiger charge is -2.47. The Hall–Kier alpha value is -3.38. The second kappa shape index (κ2) is 10.5. The van der Waals surface area contributed by atoms with E-state index >= 15 is 0 Å². The highest BCUT2D eigenvalue weighted by Gasteiger charge is 2.42. The second-order valence-corrected chi connectivity index (χ2v) is 12.9. The fourth-order valence-corrected chi connectivity index (χ4v) is 7.18. The quantitative estimate of drug-likeness (QED) is 0.409. The number of nitrogens with zero attached hydrogens (tertiary/aromatic N) is 3. The summed E-state index contributed by atoms with van der Waals surface area (Å²) < 4.78 is 0. The summed E-state index contributed by atoms with van der Waals surface area (Å²) in [4.78, 5) is 35.5. The largest absolute Gasteiger partial charge is 0.371 e. The first-order valence-corrected chi connectivity index (χ1v) is 14.8. The van der Waals surface area contributed by atoms with Crippen LogP contribution in [0.5, 0.6) is 0 Å². The highest BCUT2D eigenvalue weighted by atomic mass is 35.5. The zero-order chi connectivity index (χ0) is 27.9. The van der Waals surface area contributed by atoms with Gasteiger partial charge < -0.3 is 15.1 Å². The van der Waals surface area contributed by atoms with Crippen LogP contribution in [0.4, 0.5) is 5.69 Å². The predicted octanol–water partition coefficient (Wildman–Crippen LogP) is 6.31. The fourth-order valence-electron chi connectivity index (χ4n) is 6.96. The average molecular weight is 557 g/mol. The number of halogens is 1. The molecule has 40 heavy (non-hydrogen) atoms. The fraction of sp³-hybridized carbons (Fsp3) is 0.424. The smallest absolute Gasteiger partial charge is 0.253 e. The molecule has 0 radical (unpaired) electrons. The van der Waals surface area contributed by atoms with Crippen molar-refractivity contribution in [2.45, 2.75) is 52.0 Å². The summed E-state index contributed by atoms with van der Waals surface area (Å²) in [5.41, 5.74) is 4.79. The first kappa shape index (κ1) is 26.8. The molecule has 2 amide bonds. The molecule has 1 unspecified atom stereocenters. The van der Waals surface area contributed by atoms with E-state index in [0.717, 1.165) is 63.8 Å². The Morgan fingerprint density at radius 2 is 1.60 bits per heavy atom. The van der Waals surface area contributed by atoms with Gasteiger partial charge in [0.15, 0.2) is 0 Å². The van der Waals surface area contributed by atoms with Gasteiger partial charge in [0.2, 0.25) is 0 Å². The van der Waals surface area contributed by atoms with E-state index in [2.05, 4.69) is 47.2 Å². The summed E-state index contributed by atoms with van der Waals surface area (Å²) >= 11 is 6.30. The van der Waals surface area contributed by atoms with Crippen LogP contribution < -0.4 is 10.2 Å². The van der Waals surface area contributed by atoms with Crippen molar-refractivity contribution in [2.75, 3.05) is 31.1 Å². The van der Waals surface area contributed by atoms with Crippen LogP contribution in [0, 0.1) is 10.8 Å². The van der Waals surface area contributed by atoms with Crippen LogP contribution in [-0.2, 0) is 6.42 Å². The number of pyridine rings is 1. The minimum atomic E-state index is -0.200. The third-order valence-corrected chi connectivity index (χ3v) is 9.82. The van der Waals surface area contributed by atoms with E-state index in [9.17, 15) is 9.59 Å². The van der Waals surface area contributed by atoms with Gasteiger partial charge in [0.25, 0.3) is 11.8 Å². The number of rotatable bonds is 4. The standard InChI is InChI=1S/C33H37ClN4O2/c1-32(2)22-24-8-7-23(21-27(24)29(32)36-30(39)26-5-3-4-6-28(26)34)31(40)38-19-13-33(14-20-38)11-17-37(18-12-33)25-9-15-35-16-10-25/h3-10,15-16,21,29H,11-14,17-20,22H2,1-2H3,(H,36,39). The molecular formula is C33H37ClN4O2. The molecule has 7 heteroatoms. The monoisotopic (exact) mass is 556 g/mol. The van der Waals surface area contributed by atoms with Gasteiger partial charge >= 0.3 is 0 Å². The van der Waals surface area contributed by atoms with Crippen molar-refractivity contribution < 1.29 is 9.59 Å². The Morgan fingerprint density at radius 3 is 2.30 bits per heavy atom. The van der Waals surface area contributed by atoms with Gasteiger partial charge in [0.1, 0.15) is 0 Å². The molecule has 1 aromatic heterocycles. The molecule has 3 heterocycles. The highest BCUT2D eigenvalue weighted by molar-refractivity contribution is 6.33. The molecule has 3 aromatic rings. The van der Waals surface area contributed by atoms with Crippen molar-refractivity contribution >= 4 is 29.1 Å². The van der Waals surface area contributed by atoms with Gasteiger partial charge in [-0.15, -0.1) is 0 Å². The summed E-state index contributed by atoms with van der Waals surface area (Å²) in [6.07, 6.45) is 9.00. The molecule has 208 valence electrons. The van der Waals surface area contributed by atoms with E-state index in [4.69, 9.17) is 11.6 Å². The van der Waals surface area contributed by atoms with E-state index in [1.807, 2.05) is 41.6 Å². The number of benzene rings is 2. The zero-order valence-electron chi connectivity index (χ0n) is 23.3. The van der Waals surface area contributed by atoms with Crippen molar-refractivity contribution in [1.82, 2.24) is 15.2 Å². The van der Waals surface area contributed by atoms with Crippen LogP contribution in [0.2, 0.25) is 5.02 Å². The van der Waals surface area contributed by atoms with Crippen molar-refractivity contribution in [1.29, 1.82) is 0 Å². The molecule has 6 rings (SSSR count). The molecule has 3 aliphatic rings. The number of nitrogens with one attached hydrogen (secondary N) is 1. The predicted molar refractivity (Wildman–Crippen MR) is 159 cm³/mol. The number of fused-ring (bicyclic) bond motifs is 1. The van der Waals surface area contributed by atoms with Gasteiger partial charge in [0.05, 0.1) is 16.6 Å². The lowest BCUT2D eigenvalue weighted by Crippen LogP contribution is -2.48. The maximum atomic E-state index is 13.7. The van der Waals surface area contributed by atoms with Crippen LogP contribution in [0.25, 0.3) is 0 Å². The number of carbonyl (C=O) groups is 2. The second-order valence-electron chi connectivity index (χ2n) is 12.4. The van der Waals surface area contributed by atoms with Gasteiger partial charge in [-0.05, 0) is 90.5 Å². The normalized spacial score (nSPS) is 21.2. The molecule has 2 fully saturated rings. The number of piperidine rings is 2. The number of hydrogen-bond acceptors (Lipinski definition) is 4. The van der Waals surface area contributed by atoms with Gasteiger partial charge in [-0.3, -0.25) is 14.6 Å². The molecule has 1 atom stereocenters. The molecular weight excluding hydrogens is 520 g/mol. The Kier molecular flexibility index (Phi) is 7.07. The van der Waals surface area contributed by atoms with Crippen molar-refractivity contribution in [3.05, 3.63) is 94.3 Å². The minimum absolute atomic E-state index is 0.0905. The van der Waals surface area contributed by atoms with Gasteiger partial charge in [-0.25, -0.2) is 0 Å². The van der Waals surface area contributed by atoms with E-state index in [0.29, 0.717) is 21.6 Å². The average Bonchev–Trinajstić information content (AvgIpc) is 3.22. The van der Waals surface area contributed by atoms with E-state index in [-0.39, 0.29) is 23.3 Å². The topological polar surface area (TPSA) is 65.5 Å². The van der Waals surface area contributed by atoms with E-state index < -0.39 is 0 Å². The Bertz CT molecular complexity index is 1400. The Labute approximate surface area is 241 Å². The van der Waals surface area contributed by atoms with E-state index in [1.165, 1.54) is 11.3 Å². The van der Waals surface area contributed by atoms with Crippen molar-refractivity contribution in [3.63, 3.8) is 0 Å². The number of carbonyl (C=O) groups excluding carboxylic acids is 2. The van der Waals surface area contributed by atoms with Gasteiger partial charge in [-0.2, -0.15) is 0 Å². The number of aromatic nitrogens is 1. The summed E-state index contributed by atoms with van der Waals surface area (Å²) in [5.74, 6) is -0.0997. The highest BCUT2D eigenvalue weighted by Crippen LogP contribution is 2.46. The maximum absolute atomic E-state index is 13.7. The Balaban J connectivity index is 1.12. The maximum Gasteiger partial charge on any atom is 0.253 e. The lowest BCUT2D eigenvalue weighted by atomic mass is 9.71. The SMILES string of the molecule is CC1(C)Cc2ccc(C(=O)N3CCC4(CC3)CCN(c3ccncc3)CC4)cc2C1NC(=O)c1ccccc1Cl. The van der Waals surface area contributed by atoms with Gasteiger partial charge in [0, 0.05) is 49.8 Å². The van der Waals surface area contributed by atoms with Gasteiger partial charge in [-0.1, -0.05) is 43.6 Å². The zero-order valence-corrected chi connectivity index (χ0v) is 24.1. The van der Waals surface area contributed by atoms with E-state index in [1.54, 1.807) is 12.1 Å². The van der Waals surface area contributed by atoms with Crippen LogP contribution in [0.15, 0.2) is 67.0 Å². The molecule has 0 saturated carbocycles. The molecule has 1 N–H and O–H groups in total.